The second kappa shape index (κ2) is 9.25. The van der Waals surface area contributed by atoms with Crippen LogP contribution in [-0.2, 0) is 19.1 Å². The number of carbonyl (C=O) groups is 2. The highest BCUT2D eigenvalue weighted by atomic mass is 16.6. The Kier molecular flexibility index (Phi) is 7.11. The van der Waals surface area contributed by atoms with E-state index in [9.17, 15) is 14.7 Å². The Morgan fingerprint density at radius 2 is 2.03 bits per heavy atom. The Balaban J connectivity index is 0.00000341. The number of aliphatic hydroxyl groups is 1. The van der Waals surface area contributed by atoms with Crippen LogP contribution < -0.4 is 0 Å². The minimum Gasteiger partial charge on any atom is -0.462 e. The molecule has 5 nitrogen and oxygen atoms in total. The van der Waals surface area contributed by atoms with Crippen LogP contribution in [0.25, 0.3) is 0 Å². The number of cyclic esters (lactones) is 1. The van der Waals surface area contributed by atoms with Crippen molar-refractivity contribution < 1.29 is 25.6 Å². The molecule has 0 bridgehead atoms. The molecule has 0 radical (unpaired) electrons. The van der Waals surface area contributed by atoms with Gasteiger partial charge < -0.3 is 14.6 Å². The standard InChI is InChI=1S/C25H38O5/c1-6-25(4,5)24(28)30-21-12-15(2)11-17-8-7-16(3)20(23(17)21)10-9-19-13-18(26)14-22(27)29-19/h7-8,11,15-16,18-21,23,26H,6,9-10,12-14H2,1-5H3/p+1/t15-,16-,18+,19+,20-,21-,23-/m0/s1. The summed E-state index contributed by atoms with van der Waals surface area (Å²) in [4.78, 5) is 24.6. The van der Waals surface area contributed by atoms with E-state index in [1.54, 1.807) is 0 Å². The van der Waals surface area contributed by atoms with Gasteiger partial charge in [-0.15, -0.1) is 0 Å². The van der Waals surface area contributed by atoms with Gasteiger partial charge in [-0.05, 0) is 62.9 Å². The predicted octanol–water partition coefficient (Wildman–Crippen LogP) is 4.70. The van der Waals surface area contributed by atoms with Crippen molar-refractivity contribution in [3.8, 4) is 0 Å². The highest BCUT2D eigenvalue weighted by Crippen LogP contribution is 2.45. The number of rotatable bonds is 6. The fourth-order valence-electron chi connectivity index (χ4n) is 5.08. The first-order valence-electron chi connectivity index (χ1n) is 11.6. The summed E-state index contributed by atoms with van der Waals surface area (Å²) < 4.78 is 11.6. The third kappa shape index (κ3) is 5.16. The molecule has 0 amide bonds. The van der Waals surface area contributed by atoms with Gasteiger partial charge in [0.1, 0.15) is 12.2 Å². The summed E-state index contributed by atoms with van der Waals surface area (Å²) in [6, 6.07) is 0. The molecule has 0 aromatic rings. The SMILES string of the molecule is CCC(C)(C)C(=O)O[C@H]1C[C@@H](C)C=C2C=C[C@H](C)[C@H](CC[C@@H]3C[C@@H](O)CC(=O)O3)[C@H]21.[H+]. The molecule has 30 heavy (non-hydrogen) atoms. The first kappa shape index (κ1) is 23.1. The first-order valence-corrected chi connectivity index (χ1v) is 11.6. The number of aliphatic hydroxyl groups excluding tert-OH is 1. The molecule has 0 saturated carbocycles. The molecule has 3 aliphatic rings. The van der Waals surface area contributed by atoms with E-state index in [0.29, 0.717) is 24.2 Å². The summed E-state index contributed by atoms with van der Waals surface area (Å²) >= 11 is 0. The minimum atomic E-state index is -0.601. The maximum Gasteiger partial charge on any atom is 1.00 e. The second-order valence-corrected chi connectivity index (χ2v) is 10.3. The molecular weight excluding hydrogens is 380 g/mol. The zero-order valence-corrected chi connectivity index (χ0v) is 19.1. The van der Waals surface area contributed by atoms with Crippen LogP contribution in [0.15, 0.2) is 23.8 Å². The third-order valence-corrected chi connectivity index (χ3v) is 7.35. The van der Waals surface area contributed by atoms with E-state index in [0.717, 1.165) is 25.7 Å². The van der Waals surface area contributed by atoms with Gasteiger partial charge >= 0.3 is 13.4 Å². The average molecular weight is 420 g/mol. The van der Waals surface area contributed by atoms with Crippen molar-refractivity contribution in [1.29, 1.82) is 0 Å². The zero-order chi connectivity index (χ0) is 22.1. The van der Waals surface area contributed by atoms with Crippen LogP contribution >= 0.6 is 0 Å². The molecule has 1 aliphatic heterocycles. The summed E-state index contributed by atoms with van der Waals surface area (Å²) in [5, 5.41) is 9.92. The van der Waals surface area contributed by atoms with Gasteiger partial charge in [-0.3, -0.25) is 9.59 Å². The van der Waals surface area contributed by atoms with E-state index in [1.807, 2.05) is 20.8 Å². The Morgan fingerprint density at radius 3 is 2.70 bits per heavy atom. The molecule has 0 aromatic heterocycles. The highest BCUT2D eigenvalue weighted by Gasteiger charge is 2.43. The smallest absolute Gasteiger partial charge is 0.462 e. The van der Waals surface area contributed by atoms with Gasteiger partial charge in [-0.1, -0.05) is 39.0 Å². The van der Waals surface area contributed by atoms with Crippen LogP contribution in [0.5, 0.6) is 0 Å². The van der Waals surface area contributed by atoms with Crippen LogP contribution in [0, 0.1) is 29.1 Å². The Bertz CT molecular complexity index is 713. The van der Waals surface area contributed by atoms with E-state index in [1.165, 1.54) is 5.57 Å². The summed E-state index contributed by atoms with van der Waals surface area (Å²) in [5.74, 6) is 0.776. The van der Waals surface area contributed by atoms with Crippen LogP contribution in [0.2, 0.25) is 0 Å². The first-order chi connectivity index (χ1) is 14.1. The quantitative estimate of drug-likeness (QED) is 0.632. The molecule has 1 N–H and O–H groups in total. The van der Waals surface area contributed by atoms with E-state index in [4.69, 9.17) is 9.47 Å². The van der Waals surface area contributed by atoms with Gasteiger partial charge in [0.15, 0.2) is 0 Å². The molecule has 0 unspecified atom stereocenters. The molecule has 5 heteroatoms. The van der Waals surface area contributed by atoms with Crippen LogP contribution in [0.3, 0.4) is 0 Å². The van der Waals surface area contributed by atoms with Crippen molar-refractivity contribution in [2.75, 3.05) is 0 Å². The van der Waals surface area contributed by atoms with E-state index >= 15 is 0 Å². The summed E-state index contributed by atoms with van der Waals surface area (Å²) in [5.41, 5.74) is 0.785. The summed E-state index contributed by atoms with van der Waals surface area (Å²) in [6.07, 6.45) is 9.61. The van der Waals surface area contributed by atoms with Crippen molar-refractivity contribution in [2.24, 2.45) is 29.1 Å². The van der Waals surface area contributed by atoms with Crippen molar-refractivity contribution in [3.05, 3.63) is 23.8 Å². The molecule has 0 aromatic carbocycles. The molecule has 1 saturated heterocycles. The number of ether oxygens (including phenoxy) is 2. The van der Waals surface area contributed by atoms with Crippen molar-refractivity contribution >= 4 is 11.9 Å². The molecule has 168 valence electrons. The normalized spacial score (nSPS) is 36.5. The Labute approximate surface area is 182 Å². The lowest BCUT2D eigenvalue weighted by Crippen LogP contribution is -2.43. The predicted molar refractivity (Wildman–Crippen MR) is 117 cm³/mol. The van der Waals surface area contributed by atoms with Gasteiger partial charge in [-0.2, -0.15) is 0 Å². The summed E-state index contributed by atoms with van der Waals surface area (Å²) in [6.45, 7) is 10.3. The van der Waals surface area contributed by atoms with E-state index < -0.39 is 11.5 Å². The largest absolute Gasteiger partial charge is 1.00 e. The monoisotopic (exact) mass is 419 g/mol. The second-order valence-electron chi connectivity index (χ2n) is 10.3. The number of allylic oxidation sites excluding steroid dienone is 3. The molecule has 3 rings (SSSR count). The van der Waals surface area contributed by atoms with Gasteiger partial charge in [0, 0.05) is 12.3 Å². The molecule has 1 fully saturated rings. The molecule has 2 aliphatic carbocycles. The van der Waals surface area contributed by atoms with Crippen LogP contribution in [-0.4, -0.2) is 35.4 Å². The lowest BCUT2D eigenvalue weighted by atomic mass is 9.65. The Morgan fingerprint density at radius 1 is 1.30 bits per heavy atom. The van der Waals surface area contributed by atoms with Gasteiger partial charge in [0.25, 0.3) is 0 Å². The molecule has 7 atom stereocenters. The summed E-state index contributed by atoms with van der Waals surface area (Å²) in [7, 11) is 0. The zero-order valence-electron chi connectivity index (χ0n) is 20.1. The number of hydrogen-bond acceptors (Lipinski definition) is 5. The third-order valence-electron chi connectivity index (χ3n) is 7.35. The van der Waals surface area contributed by atoms with Gasteiger partial charge in [0.05, 0.1) is 17.9 Å². The minimum absolute atomic E-state index is 0. The molecule has 0 spiro atoms. The fraction of sp³-hybridized carbons (Fsp3) is 0.760. The number of esters is 2. The Hall–Kier alpha value is -1.62. The fourth-order valence-corrected chi connectivity index (χ4v) is 5.08. The van der Waals surface area contributed by atoms with Crippen molar-refractivity contribution in [3.63, 3.8) is 0 Å². The van der Waals surface area contributed by atoms with Crippen LogP contribution in [0.4, 0.5) is 0 Å². The molecule has 1 heterocycles. The van der Waals surface area contributed by atoms with Crippen molar-refractivity contribution in [2.45, 2.75) is 91.5 Å². The highest BCUT2D eigenvalue weighted by molar-refractivity contribution is 5.76. The maximum atomic E-state index is 12.9. The average Bonchev–Trinajstić information content (AvgIpc) is 2.66. The number of hydrogen-bond donors (Lipinski definition) is 1. The molecular formula is C25H39O5+. The maximum absolute atomic E-state index is 12.9. The van der Waals surface area contributed by atoms with Crippen molar-refractivity contribution in [1.82, 2.24) is 0 Å². The number of carbonyl (C=O) groups excluding carboxylic acids is 2. The van der Waals surface area contributed by atoms with Gasteiger partial charge in [0.2, 0.25) is 0 Å². The van der Waals surface area contributed by atoms with E-state index in [2.05, 4.69) is 32.1 Å². The van der Waals surface area contributed by atoms with Gasteiger partial charge in [-0.25, -0.2) is 0 Å². The lowest BCUT2D eigenvalue weighted by Gasteiger charge is -2.44. The number of fused-ring (bicyclic) bond motifs is 1. The van der Waals surface area contributed by atoms with Crippen LogP contribution in [0.1, 0.15) is 74.6 Å². The lowest BCUT2D eigenvalue weighted by molar-refractivity contribution is -0.166. The topological polar surface area (TPSA) is 72.8 Å². The van der Waals surface area contributed by atoms with E-state index in [-0.39, 0.29) is 37.9 Å².